The molecule has 5 rings (SSSR count). The maximum Gasteiger partial charge on any atom is 0.411 e. The number of benzene rings is 4. The Balaban J connectivity index is 1.29. The summed E-state index contributed by atoms with van der Waals surface area (Å²) in [5.74, 6) is 0.263. The van der Waals surface area contributed by atoms with Crippen LogP contribution in [0.5, 0.6) is 5.75 Å². The van der Waals surface area contributed by atoms with Gasteiger partial charge in [0.1, 0.15) is 12.4 Å². The van der Waals surface area contributed by atoms with E-state index in [9.17, 15) is 9.90 Å². The SMILES string of the molecule is O=C(Nc1ccccc1Cc1ccc(O)cc1)OCC1c2ccccc2-c2ccccc21. The number of anilines is 1. The van der Waals surface area contributed by atoms with Gasteiger partial charge in [-0.15, -0.1) is 0 Å². The number of ether oxygens (including phenoxy) is 1. The van der Waals surface area contributed by atoms with Crippen molar-refractivity contribution < 1.29 is 14.6 Å². The molecule has 0 fully saturated rings. The van der Waals surface area contributed by atoms with Crippen LogP contribution in [0.3, 0.4) is 0 Å². The Labute approximate surface area is 187 Å². The molecule has 158 valence electrons. The standard InChI is InChI=1S/C28H23NO3/c30-21-15-13-19(14-16-21)17-20-7-1-6-12-27(20)29-28(31)32-18-26-24-10-4-2-8-22(24)23-9-3-5-11-25(23)26/h1-16,26,30H,17-18H2,(H,29,31). The van der Waals surface area contributed by atoms with E-state index in [1.807, 2.05) is 60.7 Å². The molecule has 32 heavy (non-hydrogen) atoms. The topological polar surface area (TPSA) is 58.6 Å². The second kappa shape index (κ2) is 8.60. The minimum atomic E-state index is -0.468. The van der Waals surface area contributed by atoms with Crippen molar-refractivity contribution in [1.29, 1.82) is 0 Å². The van der Waals surface area contributed by atoms with Crippen LogP contribution >= 0.6 is 0 Å². The van der Waals surface area contributed by atoms with E-state index in [2.05, 4.69) is 29.6 Å². The van der Waals surface area contributed by atoms with E-state index in [1.165, 1.54) is 22.3 Å². The monoisotopic (exact) mass is 421 g/mol. The van der Waals surface area contributed by atoms with Gasteiger partial charge in [-0.2, -0.15) is 0 Å². The molecule has 0 aliphatic heterocycles. The molecule has 1 amide bonds. The van der Waals surface area contributed by atoms with Crippen molar-refractivity contribution in [3.63, 3.8) is 0 Å². The van der Waals surface area contributed by atoms with Gasteiger partial charge in [0.2, 0.25) is 0 Å². The van der Waals surface area contributed by atoms with Crippen LogP contribution in [-0.4, -0.2) is 17.8 Å². The van der Waals surface area contributed by atoms with E-state index in [-0.39, 0.29) is 18.3 Å². The summed E-state index contributed by atoms with van der Waals surface area (Å²) in [6, 6.07) is 31.3. The Morgan fingerprint density at radius 3 is 2.06 bits per heavy atom. The van der Waals surface area contributed by atoms with Crippen molar-refractivity contribution in [2.45, 2.75) is 12.3 Å². The quantitative estimate of drug-likeness (QED) is 0.395. The van der Waals surface area contributed by atoms with Crippen molar-refractivity contribution in [2.24, 2.45) is 0 Å². The zero-order valence-electron chi connectivity index (χ0n) is 17.5. The highest BCUT2D eigenvalue weighted by molar-refractivity contribution is 5.86. The molecule has 4 aromatic rings. The molecule has 0 spiro atoms. The minimum Gasteiger partial charge on any atom is -0.508 e. The number of carbonyl (C=O) groups is 1. The fourth-order valence-corrected chi connectivity index (χ4v) is 4.37. The average Bonchev–Trinajstić information content (AvgIpc) is 3.14. The van der Waals surface area contributed by atoms with Crippen LogP contribution < -0.4 is 5.32 Å². The van der Waals surface area contributed by atoms with Gasteiger partial charge in [-0.25, -0.2) is 4.79 Å². The van der Waals surface area contributed by atoms with E-state index in [0.717, 1.165) is 16.8 Å². The number of hydrogen-bond donors (Lipinski definition) is 2. The first-order valence-electron chi connectivity index (χ1n) is 10.7. The number of para-hydroxylation sites is 1. The van der Waals surface area contributed by atoms with Gasteiger partial charge in [0, 0.05) is 11.6 Å². The number of amides is 1. The molecular weight excluding hydrogens is 398 g/mol. The number of phenolic OH excluding ortho intramolecular Hbond substituents is 1. The molecule has 4 nitrogen and oxygen atoms in total. The van der Waals surface area contributed by atoms with Crippen LogP contribution in [-0.2, 0) is 11.2 Å². The Morgan fingerprint density at radius 2 is 1.38 bits per heavy atom. The highest BCUT2D eigenvalue weighted by Gasteiger charge is 2.29. The second-order valence-electron chi connectivity index (χ2n) is 7.95. The van der Waals surface area contributed by atoms with E-state index in [1.54, 1.807) is 12.1 Å². The largest absolute Gasteiger partial charge is 0.508 e. The van der Waals surface area contributed by atoms with Crippen molar-refractivity contribution in [3.05, 3.63) is 119 Å². The fraction of sp³-hybridized carbons (Fsp3) is 0.107. The summed E-state index contributed by atoms with van der Waals surface area (Å²) in [4.78, 5) is 12.7. The maximum atomic E-state index is 12.7. The lowest BCUT2D eigenvalue weighted by Gasteiger charge is -2.16. The van der Waals surface area contributed by atoms with Crippen LogP contribution in [0.1, 0.15) is 28.2 Å². The minimum absolute atomic E-state index is 0.0281. The summed E-state index contributed by atoms with van der Waals surface area (Å²) in [6.07, 6.45) is 0.171. The Bertz CT molecular complexity index is 1220. The van der Waals surface area contributed by atoms with Gasteiger partial charge in [0.15, 0.2) is 0 Å². The lowest BCUT2D eigenvalue weighted by atomic mass is 9.98. The van der Waals surface area contributed by atoms with Crippen LogP contribution in [0, 0.1) is 0 Å². The molecular formula is C28H23NO3. The summed E-state index contributed by atoms with van der Waals surface area (Å²) < 4.78 is 5.68. The average molecular weight is 421 g/mol. The molecule has 0 aromatic heterocycles. The highest BCUT2D eigenvalue weighted by Crippen LogP contribution is 2.44. The molecule has 0 unspecified atom stereocenters. The Kier molecular flexibility index (Phi) is 5.34. The fourth-order valence-electron chi connectivity index (χ4n) is 4.37. The molecule has 0 atom stereocenters. The second-order valence-corrected chi connectivity index (χ2v) is 7.95. The Morgan fingerprint density at radius 1 is 0.781 bits per heavy atom. The number of hydrogen-bond acceptors (Lipinski definition) is 3. The van der Waals surface area contributed by atoms with E-state index >= 15 is 0 Å². The number of carbonyl (C=O) groups excluding carboxylic acids is 1. The van der Waals surface area contributed by atoms with Crippen molar-refractivity contribution in [3.8, 4) is 16.9 Å². The van der Waals surface area contributed by atoms with Gasteiger partial charge >= 0.3 is 6.09 Å². The number of fused-ring (bicyclic) bond motifs is 3. The lowest BCUT2D eigenvalue weighted by molar-refractivity contribution is 0.158. The zero-order valence-corrected chi connectivity index (χ0v) is 17.5. The van der Waals surface area contributed by atoms with Gasteiger partial charge in [-0.05, 0) is 58.0 Å². The van der Waals surface area contributed by atoms with Gasteiger partial charge in [-0.3, -0.25) is 5.32 Å². The van der Waals surface area contributed by atoms with Gasteiger partial charge < -0.3 is 9.84 Å². The lowest BCUT2D eigenvalue weighted by Crippen LogP contribution is -2.18. The molecule has 2 N–H and O–H groups in total. The van der Waals surface area contributed by atoms with Crippen molar-refractivity contribution in [1.82, 2.24) is 0 Å². The molecule has 0 saturated heterocycles. The number of nitrogens with one attached hydrogen (secondary N) is 1. The summed E-state index contributed by atoms with van der Waals surface area (Å²) >= 11 is 0. The van der Waals surface area contributed by atoms with Crippen molar-refractivity contribution in [2.75, 3.05) is 11.9 Å². The number of aromatic hydroxyl groups is 1. The molecule has 0 heterocycles. The van der Waals surface area contributed by atoms with Crippen LogP contribution in [0.15, 0.2) is 97.1 Å². The zero-order chi connectivity index (χ0) is 21.9. The maximum absolute atomic E-state index is 12.7. The third-order valence-electron chi connectivity index (χ3n) is 5.93. The molecule has 4 aromatic carbocycles. The van der Waals surface area contributed by atoms with Crippen LogP contribution in [0.4, 0.5) is 10.5 Å². The first kappa shape index (κ1) is 19.9. The third-order valence-corrected chi connectivity index (χ3v) is 5.93. The summed E-state index contributed by atoms with van der Waals surface area (Å²) in [5, 5.41) is 12.4. The van der Waals surface area contributed by atoms with E-state index < -0.39 is 6.09 Å². The normalized spacial score (nSPS) is 12.1. The van der Waals surface area contributed by atoms with Crippen molar-refractivity contribution >= 4 is 11.8 Å². The van der Waals surface area contributed by atoms with Gasteiger partial charge in [0.25, 0.3) is 0 Å². The van der Waals surface area contributed by atoms with Crippen LogP contribution in [0.2, 0.25) is 0 Å². The Hall–Kier alpha value is -4.05. The van der Waals surface area contributed by atoms with E-state index in [0.29, 0.717) is 6.42 Å². The van der Waals surface area contributed by atoms with E-state index in [4.69, 9.17) is 4.74 Å². The predicted molar refractivity (Wildman–Crippen MR) is 126 cm³/mol. The smallest absolute Gasteiger partial charge is 0.411 e. The summed E-state index contributed by atoms with van der Waals surface area (Å²) in [7, 11) is 0. The molecule has 0 saturated carbocycles. The molecule has 1 aliphatic rings. The summed E-state index contributed by atoms with van der Waals surface area (Å²) in [5.41, 5.74) is 7.53. The van der Waals surface area contributed by atoms with Gasteiger partial charge in [-0.1, -0.05) is 78.9 Å². The molecule has 4 heteroatoms. The van der Waals surface area contributed by atoms with Crippen LogP contribution in [0.25, 0.3) is 11.1 Å². The molecule has 0 bridgehead atoms. The molecule has 1 aliphatic carbocycles. The number of phenols is 1. The molecule has 0 radical (unpaired) electrons. The highest BCUT2D eigenvalue weighted by atomic mass is 16.5. The third kappa shape index (κ3) is 3.95. The predicted octanol–water partition coefficient (Wildman–Crippen LogP) is 6.34. The van der Waals surface area contributed by atoms with Gasteiger partial charge in [0.05, 0.1) is 0 Å². The first-order chi connectivity index (χ1) is 15.7. The number of rotatable bonds is 5. The summed E-state index contributed by atoms with van der Waals surface area (Å²) in [6.45, 7) is 0.278. The first-order valence-corrected chi connectivity index (χ1v) is 10.7.